The SMILES string of the molecule is O=C(O)CC[C@@](NC(=O)[C@@H](CSC(=O)c1ccccc1)Cc1ccccc1)(Nc1ccccc1)C(=O)O. The summed E-state index contributed by atoms with van der Waals surface area (Å²) in [6, 6.07) is 26.3. The Morgan fingerprint density at radius 1 is 0.811 bits per heavy atom. The smallest absolute Gasteiger partial charge is 0.350 e. The van der Waals surface area contributed by atoms with Crippen LogP contribution in [0.25, 0.3) is 0 Å². The van der Waals surface area contributed by atoms with E-state index in [1.165, 1.54) is 0 Å². The molecule has 192 valence electrons. The lowest BCUT2D eigenvalue weighted by molar-refractivity contribution is -0.148. The third-order valence-electron chi connectivity index (χ3n) is 5.67. The van der Waals surface area contributed by atoms with Crippen molar-refractivity contribution in [3.8, 4) is 0 Å². The zero-order valence-electron chi connectivity index (χ0n) is 20.0. The van der Waals surface area contributed by atoms with Gasteiger partial charge in [-0.1, -0.05) is 90.6 Å². The molecule has 4 N–H and O–H groups in total. The lowest BCUT2D eigenvalue weighted by atomic mass is 9.97. The Morgan fingerprint density at radius 3 is 1.95 bits per heavy atom. The molecule has 3 aromatic carbocycles. The average molecular weight is 521 g/mol. The van der Waals surface area contributed by atoms with Crippen molar-refractivity contribution in [1.82, 2.24) is 5.32 Å². The van der Waals surface area contributed by atoms with Crippen LogP contribution in [-0.2, 0) is 20.8 Å². The minimum atomic E-state index is -2.07. The van der Waals surface area contributed by atoms with Crippen molar-refractivity contribution in [3.05, 3.63) is 102 Å². The van der Waals surface area contributed by atoms with Crippen LogP contribution < -0.4 is 10.6 Å². The fraction of sp³-hybridized carbons (Fsp3) is 0.214. The summed E-state index contributed by atoms with van der Waals surface area (Å²) in [7, 11) is 0. The van der Waals surface area contributed by atoms with Gasteiger partial charge in [-0.15, -0.1) is 0 Å². The predicted octanol–water partition coefficient (Wildman–Crippen LogP) is 4.29. The van der Waals surface area contributed by atoms with Crippen molar-refractivity contribution in [1.29, 1.82) is 0 Å². The maximum Gasteiger partial charge on any atom is 0.350 e. The fourth-order valence-electron chi connectivity index (χ4n) is 3.70. The van der Waals surface area contributed by atoms with Crippen LogP contribution >= 0.6 is 11.8 Å². The number of hydrogen-bond donors (Lipinski definition) is 4. The van der Waals surface area contributed by atoms with Gasteiger partial charge in [0.1, 0.15) is 0 Å². The zero-order valence-corrected chi connectivity index (χ0v) is 20.8. The maximum atomic E-state index is 13.6. The topological polar surface area (TPSA) is 133 Å². The molecule has 8 nitrogen and oxygen atoms in total. The molecular weight excluding hydrogens is 492 g/mol. The molecule has 0 aromatic heterocycles. The summed E-state index contributed by atoms with van der Waals surface area (Å²) < 4.78 is 0. The molecule has 0 fully saturated rings. The highest BCUT2D eigenvalue weighted by Gasteiger charge is 2.42. The number of anilines is 1. The Balaban J connectivity index is 1.86. The molecule has 2 atom stereocenters. The molecule has 1 amide bonds. The van der Waals surface area contributed by atoms with E-state index in [1.54, 1.807) is 60.7 Å². The van der Waals surface area contributed by atoms with Crippen LogP contribution in [0.1, 0.15) is 28.8 Å². The van der Waals surface area contributed by atoms with Crippen molar-refractivity contribution in [2.24, 2.45) is 5.92 Å². The molecule has 0 unspecified atom stereocenters. The highest BCUT2D eigenvalue weighted by Crippen LogP contribution is 2.23. The van der Waals surface area contributed by atoms with Crippen molar-refractivity contribution >= 4 is 40.4 Å². The van der Waals surface area contributed by atoms with E-state index in [0.29, 0.717) is 11.3 Å². The minimum absolute atomic E-state index is 0.106. The molecular formula is C28H28N2O6S. The second kappa shape index (κ2) is 13.3. The number of carbonyl (C=O) groups is 4. The van der Waals surface area contributed by atoms with Crippen molar-refractivity contribution in [2.45, 2.75) is 24.9 Å². The zero-order chi connectivity index (χ0) is 26.7. The average Bonchev–Trinajstić information content (AvgIpc) is 2.91. The summed E-state index contributed by atoms with van der Waals surface area (Å²) in [5, 5.41) is 24.6. The molecule has 0 heterocycles. The lowest BCUT2D eigenvalue weighted by Crippen LogP contribution is -2.61. The summed E-state index contributed by atoms with van der Waals surface area (Å²) in [6.45, 7) is 0. The van der Waals surface area contributed by atoms with Gasteiger partial charge in [-0.3, -0.25) is 14.4 Å². The first kappa shape index (κ1) is 27.5. The van der Waals surface area contributed by atoms with Gasteiger partial charge < -0.3 is 20.8 Å². The quantitative estimate of drug-likeness (QED) is 0.245. The summed E-state index contributed by atoms with van der Waals surface area (Å²) in [4.78, 5) is 50.1. The van der Waals surface area contributed by atoms with Crippen molar-refractivity contribution in [3.63, 3.8) is 0 Å². The van der Waals surface area contributed by atoms with Gasteiger partial charge in [0.2, 0.25) is 16.7 Å². The first-order valence-electron chi connectivity index (χ1n) is 11.7. The van der Waals surface area contributed by atoms with E-state index in [2.05, 4.69) is 10.6 Å². The fourth-order valence-corrected chi connectivity index (χ4v) is 4.63. The lowest BCUT2D eigenvalue weighted by Gasteiger charge is -2.33. The Hall–Kier alpha value is -4.11. The second-order valence-electron chi connectivity index (χ2n) is 8.44. The van der Waals surface area contributed by atoms with Crippen LogP contribution in [0.2, 0.25) is 0 Å². The summed E-state index contributed by atoms with van der Waals surface area (Å²) in [5.41, 5.74) is -0.319. The number of aliphatic carboxylic acids is 2. The second-order valence-corrected chi connectivity index (χ2v) is 9.43. The normalized spacial score (nSPS) is 13.1. The van der Waals surface area contributed by atoms with E-state index in [9.17, 15) is 29.4 Å². The van der Waals surface area contributed by atoms with Crippen molar-refractivity contribution in [2.75, 3.05) is 11.1 Å². The predicted molar refractivity (Wildman–Crippen MR) is 142 cm³/mol. The summed E-state index contributed by atoms with van der Waals surface area (Å²) >= 11 is 0.980. The Labute approximate surface area is 219 Å². The molecule has 0 saturated carbocycles. The molecule has 0 spiro atoms. The number of benzene rings is 3. The number of thioether (sulfide) groups is 1. The number of nitrogens with one attached hydrogen (secondary N) is 2. The van der Waals surface area contributed by atoms with Gasteiger partial charge in [-0.25, -0.2) is 4.79 Å². The van der Waals surface area contributed by atoms with Gasteiger partial charge in [0.25, 0.3) is 0 Å². The van der Waals surface area contributed by atoms with Crippen LogP contribution in [0.4, 0.5) is 5.69 Å². The largest absolute Gasteiger partial charge is 0.481 e. The van der Waals surface area contributed by atoms with Gasteiger partial charge in [0, 0.05) is 29.8 Å². The molecule has 37 heavy (non-hydrogen) atoms. The highest BCUT2D eigenvalue weighted by molar-refractivity contribution is 8.14. The highest BCUT2D eigenvalue weighted by atomic mass is 32.2. The molecule has 9 heteroatoms. The van der Waals surface area contributed by atoms with Crippen LogP contribution in [-0.4, -0.2) is 44.6 Å². The molecule has 0 saturated heterocycles. The van der Waals surface area contributed by atoms with Crippen LogP contribution in [0.15, 0.2) is 91.0 Å². The number of carboxylic acid groups (broad SMARTS) is 2. The number of rotatable bonds is 13. The summed E-state index contributed by atoms with van der Waals surface area (Å²) in [5.74, 6) is -3.87. The molecule has 3 aromatic rings. The number of carbonyl (C=O) groups excluding carboxylic acids is 2. The van der Waals surface area contributed by atoms with Gasteiger partial charge in [-0.2, -0.15) is 0 Å². The molecule has 0 aliphatic rings. The van der Waals surface area contributed by atoms with E-state index >= 15 is 0 Å². The van der Waals surface area contributed by atoms with Crippen LogP contribution in [0.3, 0.4) is 0 Å². The maximum absolute atomic E-state index is 13.6. The van der Waals surface area contributed by atoms with Crippen LogP contribution in [0, 0.1) is 5.92 Å². The van der Waals surface area contributed by atoms with E-state index in [0.717, 1.165) is 17.3 Å². The Morgan fingerprint density at radius 2 is 1.38 bits per heavy atom. The van der Waals surface area contributed by atoms with E-state index in [1.807, 2.05) is 30.3 Å². The van der Waals surface area contributed by atoms with Gasteiger partial charge >= 0.3 is 11.9 Å². The number of carboxylic acids is 2. The Kier molecular flexibility index (Phi) is 9.85. The molecule has 0 aliphatic heterocycles. The van der Waals surface area contributed by atoms with Gasteiger partial charge in [0.15, 0.2) is 0 Å². The first-order chi connectivity index (χ1) is 17.8. The summed E-state index contributed by atoms with van der Waals surface area (Å²) in [6.07, 6.45) is -0.620. The van der Waals surface area contributed by atoms with E-state index in [-0.39, 0.29) is 17.3 Å². The minimum Gasteiger partial charge on any atom is -0.481 e. The number of para-hydroxylation sites is 1. The first-order valence-corrected chi connectivity index (χ1v) is 12.6. The van der Waals surface area contributed by atoms with Gasteiger partial charge in [0.05, 0.1) is 5.92 Å². The molecule has 0 bridgehead atoms. The Bertz CT molecular complexity index is 1210. The van der Waals surface area contributed by atoms with Crippen LogP contribution in [0.5, 0.6) is 0 Å². The molecule has 0 radical (unpaired) electrons. The third kappa shape index (κ3) is 8.22. The molecule has 3 rings (SSSR count). The third-order valence-corrected chi connectivity index (χ3v) is 6.73. The van der Waals surface area contributed by atoms with E-state index < -0.39 is 42.3 Å². The van der Waals surface area contributed by atoms with Crippen molar-refractivity contribution < 1.29 is 29.4 Å². The number of hydrogen-bond acceptors (Lipinski definition) is 6. The van der Waals surface area contributed by atoms with E-state index in [4.69, 9.17) is 0 Å². The monoisotopic (exact) mass is 520 g/mol. The standard InChI is InChI=1S/C28H28N2O6S/c31-24(32)16-17-28(27(35)36,29-23-14-8-3-9-15-23)30-25(33)22(18-20-10-4-1-5-11-20)19-37-26(34)21-12-6-2-7-13-21/h1-15,22,29H,16-19H2,(H,30,33)(H,31,32)(H,35,36)/t22-,28+/m1/s1. The number of amides is 1. The van der Waals surface area contributed by atoms with Gasteiger partial charge in [-0.05, 0) is 24.1 Å². The molecule has 0 aliphatic carbocycles.